The molecule has 1 fully saturated rings. The number of amides is 14. The molecule has 650 valence electrons. The highest BCUT2D eigenvalue weighted by molar-refractivity contribution is 8.76. The van der Waals surface area contributed by atoms with Crippen LogP contribution in [-0.4, -0.2) is 255 Å². The largest absolute Gasteiger partial charge is 0.480 e. The summed E-state index contributed by atoms with van der Waals surface area (Å²) in [5.74, 6) is -19.1. The van der Waals surface area contributed by atoms with E-state index in [1.54, 1.807) is 61.6 Å². The molecule has 0 saturated carbocycles. The number of thioether (sulfide) groups is 1. The molecule has 30 N–H and O–H groups in total. The van der Waals surface area contributed by atoms with Crippen molar-refractivity contribution in [3.63, 3.8) is 0 Å². The standard InChI is InChI=1S/C71H126N24O17S3/c1-13-38(10)54-67(109)89-46(27-35(4)5)59(101)87-45(26-34(2)3)60(102)91-49(64(106)86-44(69(111)112)21-25-113-12)31-114-115-32-50(92-65(107)52(74)36(6)7)63(105)84-42(19-16-23-80-70(75)76)56(98)83-41(18-14-15-22-72)58(100)95-55(39(11)96)68(110)85-43(20-17-24-81-71(77)78)57(99)88-47(28-40-30-79-33-82-40)61(103)93-53(37(8)9)66(108)90-48(29-51(73)97)62(104)94-54/h30,33-39,41-50,52-55,96H,13-29,31-32,72,74H2,1-12H3,(H2,73,97)(H,79,82)(H,83,98)(H,84,105)(H,85,110)(H,86,106)(H,87,101)(H,88,99)(H,89,109)(H,90,108)(H,91,102)(H,92,107)(H,93,103)(H,94,104)(H,95,100)(H,111,112)(H4,75,76,80)(H4,77,78,81)/t38-,39+,41-,42-,43-,44-,45-,46-,47-,48-,49-,50-,52-,53-,54-,55-/m0/s1. The number of carboxylic acids is 1. The number of hydrogen-bond donors (Lipinski definition) is 23. The Morgan fingerprint density at radius 2 is 1.02 bits per heavy atom. The van der Waals surface area contributed by atoms with Gasteiger partial charge in [0, 0.05) is 42.9 Å². The molecule has 1 aliphatic heterocycles. The van der Waals surface area contributed by atoms with Crippen LogP contribution in [0.3, 0.4) is 0 Å². The minimum atomic E-state index is -1.90. The number of aliphatic imine (C=N–C) groups is 2. The highest BCUT2D eigenvalue weighted by Gasteiger charge is 2.41. The first-order valence-electron chi connectivity index (χ1n) is 38.5. The number of carboxylic acid groups (broad SMARTS) is 1. The number of aliphatic hydroxyl groups is 1. The molecule has 115 heavy (non-hydrogen) atoms. The van der Waals surface area contributed by atoms with Gasteiger partial charge in [-0.3, -0.25) is 77.1 Å². The zero-order valence-electron chi connectivity index (χ0n) is 67.8. The van der Waals surface area contributed by atoms with Gasteiger partial charge >= 0.3 is 5.97 Å². The summed E-state index contributed by atoms with van der Waals surface area (Å²) < 4.78 is 0. The number of aliphatic carboxylic acids is 1. The number of imidazole rings is 1. The average molecular weight is 1680 g/mol. The predicted octanol–water partition coefficient (Wildman–Crippen LogP) is -5.24. The number of primary amides is 1. The van der Waals surface area contributed by atoms with E-state index < -0.39 is 204 Å². The van der Waals surface area contributed by atoms with Crippen molar-refractivity contribution in [1.29, 1.82) is 0 Å². The van der Waals surface area contributed by atoms with Crippen LogP contribution in [0, 0.1) is 29.6 Å². The predicted molar refractivity (Wildman–Crippen MR) is 437 cm³/mol. The lowest BCUT2D eigenvalue weighted by Gasteiger charge is -2.31. The van der Waals surface area contributed by atoms with Gasteiger partial charge < -0.3 is 124 Å². The van der Waals surface area contributed by atoms with E-state index in [0.29, 0.717) is 12.2 Å². The van der Waals surface area contributed by atoms with E-state index in [1.165, 1.54) is 38.1 Å². The van der Waals surface area contributed by atoms with Crippen LogP contribution in [-0.2, 0) is 78.3 Å². The van der Waals surface area contributed by atoms with Gasteiger partial charge in [-0.15, -0.1) is 0 Å². The van der Waals surface area contributed by atoms with Crippen LogP contribution >= 0.6 is 33.3 Å². The molecular weight excluding hydrogens is 1560 g/mol. The first-order valence-corrected chi connectivity index (χ1v) is 42.3. The number of nitrogens with zero attached hydrogens (tertiary/aromatic N) is 3. The van der Waals surface area contributed by atoms with Crippen LogP contribution < -0.4 is 109 Å². The maximum absolute atomic E-state index is 14.8. The number of hydrogen-bond acceptors (Lipinski definition) is 24. The van der Waals surface area contributed by atoms with Gasteiger partial charge in [-0.05, 0) is 119 Å². The summed E-state index contributed by atoms with van der Waals surface area (Å²) in [5.41, 5.74) is 40.6. The van der Waals surface area contributed by atoms with Gasteiger partial charge in [0.25, 0.3) is 0 Å². The SMILES string of the molecule is CC[C@H](C)[C@@H]1NC(=O)[C@H](CC(N)=O)NC(=O)[C@H](C(C)C)NC(=O)[C@H](Cc2cnc[nH]2)NC(=O)[C@H](CCCN=C(N)N)NC(=O)[C@H]([C@@H](C)O)NC(=O)[C@H](CCCCN)NC(=O)[C@H](CCCN=C(N)N)NC(=O)[C@@H](NC(=O)[C@@H](N)C(C)C)CSSC[C@@H](C(=O)N[C@@H](CCSC)C(=O)O)NC(=O)[C@H](CC(C)C)NC(=O)[C@H](CC(C)C)NC1=O. The van der Waals surface area contributed by atoms with E-state index in [9.17, 15) is 82.1 Å². The first kappa shape index (κ1) is 102. The molecule has 0 radical (unpaired) electrons. The minimum Gasteiger partial charge on any atom is -0.480 e. The number of nitrogens with two attached hydrogens (primary N) is 7. The van der Waals surface area contributed by atoms with Crippen molar-refractivity contribution in [2.45, 2.75) is 250 Å². The summed E-state index contributed by atoms with van der Waals surface area (Å²) >= 11 is 1.31. The first-order chi connectivity index (χ1) is 54.0. The Hall–Kier alpha value is -9.27. The van der Waals surface area contributed by atoms with Crippen molar-refractivity contribution in [3.05, 3.63) is 18.2 Å². The molecular formula is C71H126N24O17S3. The molecule has 0 aromatic carbocycles. The minimum absolute atomic E-state index is 0.0139. The second-order valence-electron chi connectivity index (χ2n) is 29.8. The molecule has 0 spiro atoms. The highest BCUT2D eigenvalue weighted by Crippen LogP contribution is 2.25. The summed E-state index contributed by atoms with van der Waals surface area (Å²) in [4.78, 5) is 231. The maximum atomic E-state index is 14.8. The quantitative estimate of drug-likeness (QED) is 0.0135. The van der Waals surface area contributed by atoms with Gasteiger partial charge in [0.05, 0.1) is 24.9 Å². The number of rotatable bonds is 33. The molecule has 16 atom stereocenters. The number of aromatic amines is 1. The Balaban J connectivity index is 3.15. The Morgan fingerprint density at radius 1 is 0.574 bits per heavy atom. The smallest absolute Gasteiger partial charge is 0.326 e. The van der Waals surface area contributed by atoms with Crippen molar-refractivity contribution in [2.24, 2.45) is 79.7 Å². The Morgan fingerprint density at radius 3 is 1.50 bits per heavy atom. The molecule has 0 unspecified atom stereocenters. The third kappa shape index (κ3) is 38.4. The molecule has 1 aromatic rings. The molecule has 1 saturated heterocycles. The molecule has 2 heterocycles. The number of unbranched alkanes of at least 4 members (excludes halogenated alkanes) is 1. The number of aromatic nitrogens is 2. The van der Waals surface area contributed by atoms with E-state index in [1.807, 2.05) is 0 Å². The Bertz CT molecular complexity index is 3420. The van der Waals surface area contributed by atoms with Gasteiger partial charge in [-0.1, -0.05) is 97.2 Å². The fourth-order valence-electron chi connectivity index (χ4n) is 11.4. The number of carbonyl (C=O) groups excluding carboxylic acids is 14. The van der Waals surface area contributed by atoms with Crippen molar-refractivity contribution < 1.29 is 82.1 Å². The maximum Gasteiger partial charge on any atom is 0.326 e. The zero-order valence-corrected chi connectivity index (χ0v) is 70.2. The van der Waals surface area contributed by atoms with Crippen molar-refractivity contribution in [1.82, 2.24) is 79.1 Å². The van der Waals surface area contributed by atoms with E-state index in [-0.39, 0.29) is 131 Å². The van der Waals surface area contributed by atoms with Gasteiger partial charge in [0.2, 0.25) is 82.7 Å². The number of guanidine groups is 2. The van der Waals surface area contributed by atoms with Crippen LogP contribution in [0.15, 0.2) is 22.5 Å². The lowest BCUT2D eigenvalue weighted by molar-refractivity contribution is -0.142. The van der Waals surface area contributed by atoms with Crippen LogP contribution in [0.1, 0.15) is 159 Å². The van der Waals surface area contributed by atoms with Gasteiger partial charge in [-0.2, -0.15) is 11.8 Å². The third-order valence-electron chi connectivity index (χ3n) is 18.2. The number of nitrogens with one attached hydrogen (secondary N) is 14. The number of H-pyrrole nitrogens is 1. The second-order valence-corrected chi connectivity index (χ2v) is 33.3. The second kappa shape index (κ2) is 53.1. The fourth-order valence-corrected chi connectivity index (χ4v) is 14.2. The van der Waals surface area contributed by atoms with Crippen molar-refractivity contribution in [3.8, 4) is 0 Å². The highest BCUT2D eigenvalue weighted by atomic mass is 33.1. The molecule has 14 amide bonds. The molecule has 1 aromatic heterocycles. The van der Waals surface area contributed by atoms with E-state index in [2.05, 4.69) is 89.1 Å². The molecule has 0 aliphatic carbocycles. The summed E-state index contributed by atoms with van der Waals surface area (Å²) in [6.45, 7) is 17.7. The number of aliphatic hydroxyl groups excluding tert-OH is 1. The van der Waals surface area contributed by atoms with Crippen molar-refractivity contribution >= 4 is 134 Å². The summed E-state index contributed by atoms with van der Waals surface area (Å²) in [7, 11) is 1.79. The Labute approximate surface area is 683 Å². The molecule has 2 rings (SSSR count). The lowest BCUT2D eigenvalue weighted by atomic mass is 9.95. The Kier molecular flexibility index (Phi) is 47.0. The van der Waals surface area contributed by atoms with Crippen LogP contribution in [0.4, 0.5) is 0 Å². The summed E-state index contributed by atoms with van der Waals surface area (Å²) in [6, 6.07) is -21.8. The molecule has 41 nitrogen and oxygen atoms in total. The summed E-state index contributed by atoms with van der Waals surface area (Å²) in [5, 5.41) is 55.3. The van der Waals surface area contributed by atoms with E-state index >= 15 is 0 Å². The monoisotopic (exact) mass is 1680 g/mol. The molecule has 0 bridgehead atoms. The van der Waals surface area contributed by atoms with Gasteiger partial charge in [0.15, 0.2) is 11.9 Å². The zero-order chi connectivity index (χ0) is 86.9. The number of carbonyl (C=O) groups is 15. The van der Waals surface area contributed by atoms with Crippen molar-refractivity contribution in [2.75, 3.05) is 43.1 Å². The molecule has 44 heteroatoms. The average Bonchev–Trinajstić information content (AvgIpc) is 1.67. The normalized spacial score (nSPS) is 24.2. The molecule has 1 aliphatic rings. The van der Waals surface area contributed by atoms with E-state index in [4.69, 9.17) is 40.1 Å². The van der Waals surface area contributed by atoms with E-state index in [0.717, 1.165) is 28.5 Å². The lowest BCUT2D eigenvalue weighted by Crippen LogP contribution is -2.63. The van der Waals surface area contributed by atoms with Crippen LogP contribution in [0.5, 0.6) is 0 Å². The summed E-state index contributed by atoms with van der Waals surface area (Å²) in [6.07, 6.45) is 1.31. The fraction of sp³-hybridized carbons (Fsp3) is 0.718. The van der Waals surface area contributed by atoms with Crippen LogP contribution in [0.25, 0.3) is 0 Å². The topological polar surface area (TPSA) is 688 Å². The van der Waals surface area contributed by atoms with Crippen LogP contribution in [0.2, 0.25) is 0 Å². The van der Waals surface area contributed by atoms with Gasteiger partial charge in [-0.25, -0.2) is 9.78 Å². The third-order valence-corrected chi connectivity index (χ3v) is 21.3. The van der Waals surface area contributed by atoms with Gasteiger partial charge in [0.1, 0.15) is 78.5 Å².